The molecule has 110 valence electrons. The number of thiophene rings is 1. The Morgan fingerprint density at radius 2 is 2.10 bits per heavy atom. The van der Waals surface area contributed by atoms with Crippen molar-refractivity contribution >= 4 is 29.3 Å². The molecule has 1 aromatic rings. The van der Waals surface area contributed by atoms with Gasteiger partial charge in [0.25, 0.3) is 0 Å². The van der Waals surface area contributed by atoms with Gasteiger partial charge in [-0.2, -0.15) is 0 Å². The van der Waals surface area contributed by atoms with E-state index in [4.69, 9.17) is 5.11 Å². The van der Waals surface area contributed by atoms with Crippen LogP contribution in [0.15, 0.2) is 17.5 Å². The van der Waals surface area contributed by atoms with Gasteiger partial charge in [0.2, 0.25) is 5.91 Å². The number of hydrogen-bond acceptors (Lipinski definition) is 4. The number of carboxylic acid groups (broad SMARTS) is 1. The van der Waals surface area contributed by atoms with Gasteiger partial charge in [0.05, 0.1) is 6.54 Å². The van der Waals surface area contributed by atoms with E-state index in [-0.39, 0.29) is 5.91 Å². The van der Waals surface area contributed by atoms with Crippen LogP contribution in [0.5, 0.6) is 0 Å². The Balaban J connectivity index is 2.62. The van der Waals surface area contributed by atoms with Crippen LogP contribution in [0.1, 0.15) is 17.4 Å². The molecule has 0 atom stereocenters. The zero-order valence-electron chi connectivity index (χ0n) is 12.0. The quantitative estimate of drug-likeness (QED) is 0.779. The fourth-order valence-corrected chi connectivity index (χ4v) is 2.46. The summed E-state index contributed by atoms with van der Waals surface area (Å²) in [6, 6.07) is 1.95. The van der Waals surface area contributed by atoms with Crippen molar-refractivity contribution in [1.82, 2.24) is 9.80 Å². The van der Waals surface area contributed by atoms with Crippen LogP contribution in [0.25, 0.3) is 6.08 Å². The maximum absolute atomic E-state index is 11.7. The van der Waals surface area contributed by atoms with Crippen LogP contribution in [-0.2, 0) is 16.1 Å². The number of amides is 1. The lowest BCUT2D eigenvalue weighted by molar-refractivity contribution is -0.131. The lowest BCUT2D eigenvalue weighted by Gasteiger charge is -2.21. The number of likely N-dealkylation sites (N-methyl/N-ethyl adjacent to an activating group) is 2. The molecule has 1 amide bonds. The summed E-state index contributed by atoms with van der Waals surface area (Å²) >= 11 is 1.57. The molecule has 0 unspecified atom stereocenters. The minimum absolute atomic E-state index is 0.0782. The molecule has 1 aromatic heterocycles. The fourth-order valence-electron chi connectivity index (χ4n) is 1.57. The standard InChI is InChI=1S/C14H20N2O3S/c1-4-16(9-13(17)15(2)3)8-12-7-11(10-20-12)5-6-14(18)19/h5-7,10H,4,8-9H2,1-3H3,(H,18,19). The predicted molar refractivity (Wildman–Crippen MR) is 80.6 cm³/mol. The normalized spacial score (nSPS) is 11.2. The second kappa shape index (κ2) is 7.81. The van der Waals surface area contributed by atoms with Gasteiger partial charge in [0, 0.05) is 31.6 Å². The van der Waals surface area contributed by atoms with E-state index in [2.05, 4.69) is 4.90 Å². The van der Waals surface area contributed by atoms with Crippen molar-refractivity contribution in [3.63, 3.8) is 0 Å². The molecule has 1 heterocycles. The third kappa shape index (κ3) is 5.54. The Bertz CT molecular complexity index is 494. The van der Waals surface area contributed by atoms with E-state index in [9.17, 15) is 9.59 Å². The molecule has 0 fully saturated rings. The number of carboxylic acids is 1. The van der Waals surface area contributed by atoms with Crippen molar-refractivity contribution in [2.45, 2.75) is 13.5 Å². The molecule has 0 bridgehead atoms. The lowest BCUT2D eigenvalue weighted by atomic mass is 10.2. The molecule has 0 saturated carbocycles. The second-order valence-electron chi connectivity index (χ2n) is 4.61. The van der Waals surface area contributed by atoms with Gasteiger partial charge in [-0.25, -0.2) is 4.79 Å². The van der Waals surface area contributed by atoms with Crippen molar-refractivity contribution < 1.29 is 14.7 Å². The summed E-state index contributed by atoms with van der Waals surface area (Å²) in [6.07, 6.45) is 2.70. The minimum Gasteiger partial charge on any atom is -0.478 e. The Hall–Kier alpha value is -1.66. The highest BCUT2D eigenvalue weighted by molar-refractivity contribution is 7.10. The zero-order chi connectivity index (χ0) is 15.1. The van der Waals surface area contributed by atoms with Crippen LogP contribution in [0.2, 0.25) is 0 Å². The summed E-state index contributed by atoms with van der Waals surface area (Å²) in [4.78, 5) is 26.9. The van der Waals surface area contributed by atoms with Crippen molar-refractivity contribution in [2.24, 2.45) is 0 Å². The first-order valence-electron chi connectivity index (χ1n) is 6.33. The van der Waals surface area contributed by atoms with Crippen molar-refractivity contribution in [2.75, 3.05) is 27.2 Å². The summed E-state index contributed by atoms with van der Waals surface area (Å²) < 4.78 is 0. The molecule has 0 aliphatic carbocycles. The van der Waals surface area contributed by atoms with Gasteiger partial charge in [-0.15, -0.1) is 11.3 Å². The second-order valence-corrected chi connectivity index (χ2v) is 5.61. The zero-order valence-corrected chi connectivity index (χ0v) is 12.8. The van der Waals surface area contributed by atoms with Crippen LogP contribution in [0, 0.1) is 0 Å². The van der Waals surface area contributed by atoms with E-state index in [1.54, 1.807) is 36.4 Å². The SMILES string of the molecule is CCN(CC(=O)N(C)C)Cc1cc(C=CC(=O)O)cs1. The highest BCUT2D eigenvalue weighted by Gasteiger charge is 2.12. The summed E-state index contributed by atoms with van der Waals surface area (Å²) in [6.45, 7) is 3.89. The Morgan fingerprint density at radius 3 is 2.65 bits per heavy atom. The monoisotopic (exact) mass is 296 g/mol. The summed E-state index contributed by atoms with van der Waals surface area (Å²) in [5, 5.41) is 10.5. The van der Waals surface area contributed by atoms with Crippen molar-refractivity contribution in [1.29, 1.82) is 0 Å². The van der Waals surface area contributed by atoms with E-state index in [1.165, 1.54) is 0 Å². The van der Waals surface area contributed by atoms with Crippen LogP contribution in [0.3, 0.4) is 0 Å². The fraction of sp³-hybridized carbons (Fsp3) is 0.429. The van der Waals surface area contributed by atoms with Crippen molar-refractivity contribution in [3.8, 4) is 0 Å². The molecule has 6 heteroatoms. The summed E-state index contributed by atoms with van der Waals surface area (Å²) in [7, 11) is 3.49. The van der Waals surface area contributed by atoms with Gasteiger partial charge in [-0.3, -0.25) is 9.69 Å². The minimum atomic E-state index is -0.954. The van der Waals surface area contributed by atoms with Gasteiger partial charge in [0.1, 0.15) is 0 Å². The number of carbonyl (C=O) groups is 2. The first-order valence-corrected chi connectivity index (χ1v) is 7.21. The molecule has 0 saturated heterocycles. The third-order valence-electron chi connectivity index (χ3n) is 2.78. The van der Waals surface area contributed by atoms with E-state index < -0.39 is 5.97 Å². The molecular weight excluding hydrogens is 276 g/mol. The average molecular weight is 296 g/mol. The molecular formula is C14H20N2O3S. The van der Waals surface area contributed by atoms with Crippen molar-refractivity contribution in [3.05, 3.63) is 28.0 Å². The number of carbonyl (C=O) groups excluding carboxylic acids is 1. The van der Waals surface area contributed by atoms with E-state index in [0.29, 0.717) is 13.1 Å². The first kappa shape index (κ1) is 16.4. The molecule has 0 aromatic carbocycles. The molecule has 20 heavy (non-hydrogen) atoms. The highest BCUT2D eigenvalue weighted by atomic mass is 32.1. The predicted octanol–water partition coefficient (Wildman–Crippen LogP) is 1.76. The molecule has 1 rings (SSSR count). The van der Waals surface area contributed by atoms with Crippen LogP contribution in [-0.4, -0.2) is 54.0 Å². The maximum Gasteiger partial charge on any atom is 0.328 e. The van der Waals surface area contributed by atoms with Gasteiger partial charge in [-0.05, 0) is 29.6 Å². The van der Waals surface area contributed by atoms with E-state index in [0.717, 1.165) is 23.1 Å². The molecule has 1 N–H and O–H groups in total. The van der Waals surface area contributed by atoms with Gasteiger partial charge < -0.3 is 10.0 Å². The summed E-state index contributed by atoms with van der Waals surface area (Å²) in [5.41, 5.74) is 0.877. The van der Waals surface area contributed by atoms with E-state index in [1.807, 2.05) is 18.4 Å². The third-order valence-corrected chi connectivity index (χ3v) is 3.72. The number of rotatable bonds is 7. The molecule has 0 aliphatic heterocycles. The summed E-state index contributed by atoms with van der Waals surface area (Å²) in [5.74, 6) is -0.876. The molecule has 0 radical (unpaired) electrons. The molecule has 0 spiro atoms. The smallest absolute Gasteiger partial charge is 0.328 e. The maximum atomic E-state index is 11.7. The average Bonchev–Trinajstić information content (AvgIpc) is 2.82. The number of hydrogen-bond donors (Lipinski definition) is 1. The Morgan fingerprint density at radius 1 is 1.40 bits per heavy atom. The van der Waals surface area contributed by atoms with Crippen LogP contribution < -0.4 is 0 Å². The number of nitrogens with zero attached hydrogens (tertiary/aromatic N) is 2. The largest absolute Gasteiger partial charge is 0.478 e. The van der Waals surface area contributed by atoms with E-state index >= 15 is 0 Å². The lowest BCUT2D eigenvalue weighted by Crippen LogP contribution is -2.36. The topological polar surface area (TPSA) is 60.9 Å². The Kier molecular flexibility index (Phi) is 6.41. The van der Waals surface area contributed by atoms with Gasteiger partial charge in [0.15, 0.2) is 0 Å². The Labute approximate surface area is 123 Å². The van der Waals surface area contributed by atoms with Gasteiger partial charge >= 0.3 is 5.97 Å². The van der Waals surface area contributed by atoms with Crippen LogP contribution >= 0.6 is 11.3 Å². The van der Waals surface area contributed by atoms with Gasteiger partial charge in [-0.1, -0.05) is 6.92 Å². The first-order chi connectivity index (χ1) is 9.42. The highest BCUT2D eigenvalue weighted by Crippen LogP contribution is 2.18. The molecule has 5 nitrogen and oxygen atoms in total. The van der Waals surface area contributed by atoms with Crippen LogP contribution in [0.4, 0.5) is 0 Å². The number of aliphatic carboxylic acids is 1. The molecule has 0 aliphatic rings.